The van der Waals surface area contributed by atoms with Crippen molar-refractivity contribution in [2.45, 2.75) is 24.9 Å². The van der Waals surface area contributed by atoms with Gasteiger partial charge >= 0.3 is 0 Å². The molecule has 3 saturated heterocycles. The van der Waals surface area contributed by atoms with Gasteiger partial charge < -0.3 is 4.74 Å². The lowest BCUT2D eigenvalue weighted by atomic mass is 9.73. The maximum absolute atomic E-state index is 6.45. The lowest BCUT2D eigenvalue weighted by Crippen LogP contribution is -2.61. The predicted molar refractivity (Wildman–Crippen MR) is 99.1 cm³/mol. The van der Waals surface area contributed by atoms with Crippen molar-refractivity contribution in [3.05, 3.63) is 42.1 Å². The van der Waals surface area contributed by atoms with Gasteiger partial charge in [-0.05, 0) is 44.1 Å². The van der Waals surface area contributed by atoms with Crippen LogP contribution in [0.15, 0.2) is 36.5 Å². The molecule has 0 saturated carbocycles. The molecule has 3 aromatic rings. The fraction of sp³-hybridized carbons (Fsp3) is 0.400. The summed E-state index contributed by atoms with van der Waals surface area (Å²) in [6, 6.07) is 10.6. The van der Waals surface area contributed by atoms with Crippen LogP contribution < -0.4 is 4.74 Å². The molecular formula is C20H19N3OS. The van der Waals surface area contributed by atoms with Crippen LogP contribution in [-0.4, -0.2) is 40.1 Å². The van der Waals surface area contributed by atoms with Gasteiger partial charge in [-0.3, -0.25) is 4.90 Å². The molecule has 1 spiro atoms. The summed E-state index contributed by atoms with van der Waals surface area (Å²) in [6.45, 7) is 3.53. The highest BCUT2D eigenvalue weighted by Gasteiger charge is 2.52. The zero-order valence-corrected chi connectivity index (χ0v) is 14.8. The van der Waals surface area contributed by atoms with Crippen molar-refractivity contribution in [1.29, 1.82) is 0 Å². The molecule has 0 N–H and O–H groups in total. The van der Waals surface area contributed by atoms with Crippen molar-refractivity contribution >= 4 is 21.6 Å². The molecule has 2 aromatic heterocycles. The first-order chi connectivity index (χ1) is 12.3. The van der Waals surface area contributed by atoms with E-state index in [4.69, 9.17) is 9.72 Å². The molecule has 25 heavy (non-hydrogen) atoms. The summed E-state index contributed by atoms with van der Waals surface area (Å²) >= 11 is 1.73. The van der Waals surface area contributed by atoms with Gasteiger partial charge in [0.2, 0.25) is 5.88 Å². The van der Waals surface area contributed by atoms with Crippen molar-refractivity contribution in [3.63, 3.8) is 0 Å². The Morgan fingerprint density at radius 3 is 2.88 bits per heavy atom. The van der Waals surface area contributed by atoms with Crippen LogP contribution in [0.2, 0.25) is 0 Å². The largest absolute Gasteiger partial charge is 0.469 e. The summed E-state index contributed by atoms with van der Waals surface area (Å²) < 4.78 is 7.67. The number of pyridine rings is 1. The van der Waals surface area contributed by atoms with Gasteiger partial charge in [0.1, 0.15) is 10.6 Å². The van der Waals surface area contributed by atoms with E-state index in [0.717, 1.165) is 34.9 Å². The van der Waals surface area contributed by atoms with Crippen LogP contribution in [0.1, 0.15) is 18.4 Å². The van der Waals surface area contributed by atoms with Crippen LogP contribution in [0.25, 0.3) is 20.8 Å². The normalized spacial score (nSPS) is 29.9. The zero-order chi connectivity index (χ0) is 16.4. The second kappa shape index (κ2) is 5.02. The van der Waals surface area contributed by atoms with Gasteiger partial charge in [0, 0.05) is 36.2 Å². The van der Waals surface area contributed by atoms with Crippen molar-refractivity contribution in [1.82, 2.24) is 14.9 Å². The Kier molecular flexibility index (Phi) is 2.86. The minimum atomic E-state index is -0.0297. The van der Waals surface area contributed by atoms with Crippen LogP contribution in [0.5, 0.6) is 5.88 Å². The molecule has 0 unspecified atom stereocenters. The third-order valence-electron chi connectivity index (χ3n) is 6.08. The summed E-state index contributed by atoms with van der Waals surface area (Å²) in [6.07, 6.45) is 5.45. The molecule has 0 radical (unpaired) electrons. The zero-order valence-electron chi connectivity index (χ0n) is 13.9. The lowest BCUT2D eigenvalue weighted by molar-refractivity contribution is -0.0814. The molecule has 0 aliphatic carbocycles. The Bertz CT molecular complexity index is 943. The van der Waals surface area contributed by atoms with E-state index in [2.05, 4.69) is 34.1 Å². The molecule has 0 amide bonds. The molecule has 5 heteroatoms. The van der Waals surface area contributed by atoms with E-state index in [-0.39, 0.29) is 5.60 Å². The Hall–Kier alpha value is -1.98. The van der Waals surface area contributed by atoms with Gasteiger partial charge in [-0.1, -0.05) is 12.1 Å². The summed E-state index contributed by atoms with van der Waals surface area (Å²) in [4.78, 5) is 12.0. The van der Waals surface area contributed by atoms with Gasteiger partial charge in [-0.25, -0.2) is 9.97 Å². The van der Waals surface area contributed by atoms with E-state index in [1.807, 2.05) is 12.3 Å². The molecule has 4 aliphatic rings. The molecule has 2 bridgehead atoms. The summed E-state index contributed by atoms with van der Waals surface area (Å²) in [5, 5.41) is 1.05. The van der Waals surface area contributed by atoms with Crippen LogP contribution in [-0.2, 0) is 6.42 Å². The second-order valence-electron chi connectivity index (χ2n) is 7.57. The summed E-state index contributed by atoms with van der Waals surface area (Å²) in [5.41, 5.74) is 3.40. The molecule has 1 atom stereocenters. The maximum Gasteiger partial charge on any atom is 0.217 e. The van der Waals surface area contributed by atoms with Gasteiger partial charge in [0.15, 0.2) is 0 Å². The first-order valence-electron chi connectivity index (χ1n) is 9.05. The molecule has 126 valence electrons. The Morgan fingerprint density at radius 2 is 2.08 bits per heavy atom. The quantitative estimate of drug-likeness (QED) is 0.670. The third kappa shape index (κ3) is 2.09. The number of thiazole rings is 1. The van der Waals surface area contributed by atoms with E-state index in [1.165, 1.54) is 36.2 Å². The molecular weight excluding hydrogens is 330 g/mol. The molecule has 4 aliphatic heterocycles. The number of nitrogens with zero attached hydrogens (tertiary/aromatic N) is 3. The Labute approximate surface area is 150 Å². The molecule has 7 rings (SSSR count). The number of piperidine rings is 3. The number of para-hydroxylation sites is 1. The van der Waals surface area contributed by atoms with Gasteiger partial charge in [-0.15, -0.1) is 11.3 Å². The van der Waals surface area contributed by atoms with E-state index in [9.17, 15) is 0 Å². The first-order valence-corrected chi connectivity index (χ1v) is 9.87. The minimum absolute atomic E-state index is 0.0297. The highest BCUT2D eigenvalue weighted by atomic mass is 32.1. The van der Waals surface area contributed by atoms with Crippen molar-refractivity contribution in [2.75, 3.05) is 19.6 Å². The number of fused-ring (bicyclic) bond motifs is 4. The number of rotatable bonds is 1. The van der Waals surface area contributed by atoms with Crippen LogP contribution in [0, 0.1) is 5.92 Å². The third-order valence-corrected chi connectivity index (χ3v) is 7.16. The standard InChI is InChI=1S/C20H19N3OS/c1-2-4-17-16(3-1)22-19(25-17)14-9-13-10-20(24-18(13)21-11-14)12-23-7-5-15(20)6-8-23/h1-4,9,11,15H,5-8,10,12H2/t20-/m0/s1. The first kappa shape index (κ1) is 14.2. The topological polar surface area (TPSA) is 38.2 Å². The summed E-state index contributed by atoms with van der Waals surface area (Å²) in [5.74, 6) is 1.52. The van der Waals surface area contributed by atoms with Crippen molar-refractivity contribution in [3.8, 4) is 16.5 Å². The Balaban J connectivity index is 1.37. The second-order valence-corrected chi connectivity index (χ2v) is 8.60. The number of hydrogen-bond donors (Lipinski definition) is 0. The Morgan fingerprint density at radius 1 is 1.20 bits per heavy atom. The average molecular weight is 349 g/mol. The fourth-order valence-electron chi connectivity index (χ4n) is 4.82. The summed E-state index contributed by atoms with van der Waals surface area (Å²) in [7, 11) is 0. The van der Waals surface area contributed by atoms with E-state index < -0.39 is 0 Å². The van der Waals surface area contributed by atoms with E-state index >= 15 is 0 Å². The van der Waals surface area contributed by atoms with Gasteiger partial charge in [-0.2, -0.15) is 0 Å². The van der Waals surface area contributed by atoms with Crippen LogP contribution in [0.4, 0.5) is 0 Å². The van der Waals surface area contributed by atoms with E-state index in [1.54, 1.807) is 11.3 Å². The van der Waals surface area contributed by atoms with Crippen molar-refractivity contribution < 1.29 is 4.74 Å². The van der Waals surface area contributed by atoms with Gasteiger partial charge in [0.05, 0.1) is 10.2 Å². The highest BCUT2D eigenvalue weighted by Crippen LogP contribution is 2.46. The molecule has 6 heterocycles. The number of hydrogen-bond acceptors (Lipinski definition) is 5. The van der Waals surface area contributed by atoms with E-state index in [0.29, 0.717) is 5.92 Å². The monoisotopic (exact) mass is 349 g/mol. The van der Waals surface area contributed by atoms with Gasteiger partial charge in [0.25, 0.3) is 0 Å². The maximum atomic E-state index is 6.45. The van der Waals surface area contributed by atoms with Crippen LogP contribution in [0.3, 0.4) is 0 Å². The minimum Gasteiger partial charge on any atom is -0.469 e. The highest BCUT2D eigenvalue weighted by molar-refractivity contribution is 7.21. The predicted octanol–water partition coefficient (Wildman–Crippen LogP) is 3.76. The fourth-order valence-corrected chi connectivity index (χ4v) is 5.77. The number of benzene rings is 1. The molecule has 4 nitrogen and oxygen atoms in total. The lowest BCUT2D eigenvalue weighted by Gasteiger charge is -2.50. The molecule has 3 fully saturated rings. The van der Waals surface area contributed by atoms with Crippen molar-refractivity contribution in [2.24, 2.45) is 5.92 Å². The number of ether oxygens (including phenoxy) is 1. The number of aromatic nitrogens is 2. The SMILES string of the molecule is c1ccc2sc(-c3cnc4c(c3)C[C@@]3(CN5CCC3CC5)O4)nc2c1. The average Bonchev–Trinajstić information content (AvgIpc) is 3.22. The molecule has 1 aromatic carbocycles. The van der Waals surface area contributed by atoms with Crippen LogP contribution >= 0.6 is 11.3 Å². The smallest absolute Gasteiger partial charge is 0.217 e.